The van der Waals surface area contributed by atoms with Gasteiger partial charge >= 0.3 is 12.3 Å². The van der Waals surface area contributed by atoms with Crippen LogP contribution in [0.3, 0.4) is 0 Å². The smallest absolute Gasteiger partial charge is 0.340 e. The van der Waals surface area contributed by atoms with Crippen LogP contribution in [0.25, 0.3) is 0 Å². The molecule has 0 saturated carbocycles. The molecule has 0 unspecified atom stereocenters. The van der Waals surface area contributed by atoms with E-state index in [2.05, 4.69) is 15.0 Å². The van der Waals surface area contributed by atoms with Gasteiger partial charge in [-0.25, -0.2) is 18.2 Å². The van der Waals surface area contributed by atoms with Gasteiger partial charge in [0.05, 0.1) is 6.20 Å². The Kier molecular flexibility index (Phi) is 6.32. The van der Waals surface area contributed by atoms with Crippen LogP contribution in [0, 0.1) is 11.7 Å². The Bertz CT molecular complexity index is 454. The molecule has 1 heterocycles. The lowest BCUT2D eigenvalue weighted by Crippen LogP contribution is -2.34. The van der Waals surface area contributed by atoms with Crippen molar-refractivity contribution in [3.63, 3.8) is 0 Å². The molecule has 120 valence electrons. The van der Waals surface area contributed by atoms with Crippen LogP contribution in [0.2, 0.25) is 0 Å². The van der Waals surface area contributed by atoms with Crippen LogP contribution in [-0.2, 0) is 6.54 Å². The first-order chi connectivity index (χ1) is 9.72. The minimum absolute atomic E-state index is 0.137. The van der Waals surface area contributed by atoms with Crippen LogP contribution in [0.15, 0.2) is 12.3 Å². The number of nitrogens with zero attached hydrogens (tertiary/aromatic N) is 1. The zero-order valence-corrected chi connectivity index (χ0v) is 11.7. The summed E-state index contributed by atoms with van der Waals surface area (Å²) in [6.07, 6.45) is -3.05. The van der Waals surface area contributed by atoms with Crippen LogP contribution >= 0.6 is 0 Å². The van der Waals surface area contributed by atoms with E-state index in [4.69, 9.17) is 0 Å². The normalized spacial score (nSPS) is 12.2. The zero-order chi connectivity index (χ0) is 16.0. The number of aromatic nitrogens is 1. The van der Waals surface area contributed by atoms with Crippen molar-refractivity contribution in [1.82, 2.24) is 10.3 Å². The lowest BCUT2D eigenvalue weighted by Gasteiger charge is -2.17. The van der Waals surface area contributed by atoms with Crippen LogP contribution in [-0.4, -0.2) is 30.5 Å². The van der Waals surface area contributed by atoms with E-state index in [1.165, 1.54) is 0 Å². The van der Waals surface area contributed by atoms with Crippen molar-refractivity contribution in [1.29, 1.82) is 0 Å². The average Bonchev–Trinajstić information content (AvgIpc) is 2.37. The fourth-order valence-electron chi connectivity index (χ4n) is 1.45. The van der Waals surface area contributed by atoms with E-state index in [1.807, 2.05) is 13.8 Å². The SMILES string of the molecule is CC(C)CNCc1cc(F)cnc1OCC(F)(F)C(F)F. The van der Waals surface area contributed by atoms with E-state index < -0.39 is 24.8 Å². The third-order valence-electron chi connectivity index (χ3n) is 2.48. The molecule has 0 aliphatic heterocycles. The molecule has 1 aromatic rings. The third-order valence-corrected chi connectivity index (χ3v) is 2.48. The first-order valence-electron chi connectivity index (χ1n) is 6.36. The lowest BCUT2D eigenvalue weighted by atomic mass is 10.2. The average molecular weight is 312 g/mol. The maximum absolute atomic E-state index is 13.1. The Hall–Kier alpha value is -1.44. The summed E-state index contributed by atoms with van der Waals surface area (Å²) >= 11 is 0. The molecule has 0 radical (unpaired) electrons. The van der Waals surface area contributed by atoms with Crippen molar-refractivity contribution in [2.24, 2.45) is 5.92 Å². The van der Waals surface area contributed by atoms with Gasteiger partial charge in [-0.3, -0.25) is 0 Å². The highest BCUT2D eigenvalue weighted by atomic mass is 19.3. The maximum atomic E-state index is 13.1. The molecule has 8 heteroatoms. The molecule has 21 heavy (non-hydrogen) atoms. The number of halogens is 5. The number of hydrogen-bond donors (Lipinski definition) is 1. The summed E-state index contributed by atoms with van der Waals surface area (Å²) in [5.74, 6) is -4.89. The minimum atomic E-state index is -4.28. The van der Waals surface area contributed by atoms with Gasteiger partial charge in [0.25, 0.3) is 0 Å². The Morgan fingerprint density at radius 3 is 2.57 bits per heavy atom. The zero-order valence-electron chi connectivity index (χ0n) is 11.7. The number of ether oxygens (including phenoxy) is 1. The molecular weight excluding hydrogens is 295 g/mol. The van der Waals surface area contributed by atoms with Gasteiger partial charge < -0.3 is 10.1 Å². The molecule has 0 spiro atoms. The Balaban J connectivity index is 2.72. The van der Waals surface area contributed by atoms with E-state index >= 15 is 0 Å². The molecule has 0 atom stereocenters. The number of hydrogen-bond acceptors (Lipinski definition) is 3. The van der Waals surface area contributed by atoms with Gasteiger partial charge in [0.15, 0.2) is 6.61 Å². The number of nitrogens with one attached hydrogen (secondary N) is 1. The minimum Gasteiger partial charge on any atom is -0.471 e. The Morgan fingerprint density at radius 2 is 2.00 bits per heavy atom. The standard InChI is InChI=1S/C13H17F5N2O/c1-8(2)4-19-5-9-3-10(14)6-20-11(9)21-7-13(17,18)12(15)16/h3,6,8,12,19H,4-5,7H2,1-2H3. The lowest BCUT2D eigenvalue weighted by molar-refractivity contribution is -0.148. The maximum Gasteiger partial charge on any atom is 0.340 e. The number of rotatable bonds is 8. The van der Waals surface area contributed by atoms with Gasteiger partial charge in [0.1, 0.15) is 5.82 Å². The van der Waals surface area contributed by atoms with Crippen LogP contribution < -0.4 is 10.1 Å². The highest BCUT2D eigenvalue weighted by Gasteiger charge is 2.42. The van der Waals surface area contributed by atoms with Crippen molar-refractivity contribution in [2.75, 3.05) is 13.2 Å². The molecule has 0 bridgehead atoms. The number of alkyl halides is 4. The monoisotopic (exact) mass is 312 g/mol. The van der Waals surface area contributed by atoms with Crippen LogP contribution in [0.1, 0.15) is 19.4 Å². The van der Waals surface area contributed by atoms with Gasteiger partial charge in [-0.1, -0.05) is 13.8 Å². The summed E-state index contributed by atoms with van der Waals surface area (Å²) in [4.78, 5) is 3.52. The van der Waals surface area contributed by atoms with Gasteiger partial charge in [0, 0.05) is 12.1 Å². The van der Waals surface area contributed by atoms with Crippen molar-refractivity contribution >= 4 is 0 Å². The Morgan fingerprint density at radius 1 is 1.33 bits per heavy atom. The summed E-state index contributed by atoms with van der Waals surface area (Å²) in [5.41, 5.74) is 0.195. The van der Waals surface area contributed by atoms with Crippen molar-refractivity contribution in [2.45, 2.75) is 32.7 Å². The summed E-state index contributed by atoms with van der Waals surface area (Å²) in [7, 11) is 0. The summed E-state index contributed by atoms with van der Waals surface area (Å²) in [5, 5.41) is 2.97. The molecule has 0 fully saturated rings. The van der Waals surface area contributed by atoms with Crippen molar-refractivity contribution in [3.05, 3.63) is 23.6 Å². The molecule has 0 saturated heterocycles. The quantitative estimate of drug-likeness (QED) is 0.748. The second-order valence-electron chi connectivity index (χ2n) is 4.99. The summed E-state index contributed by atoms with van der Waals surface area (Å²) in [6, 6.07) is 1.07. The van der Waals surface area contributed by atoms with Gasteiger partial charge in [-0.2, -0.15) is 8.78 Å². The second kappa shape index (κ2) is 7.53. The topological polar surface area (TPSA) is 34.2 Å². The largest absolute Gasteiger partial charge is 0.471 e. The fourth-order valence-corrected chi connectivity index (χ4v) is 1.45. The fraction of sp³-hybridized carbons (Fsp3) is 0.615. The molecule has 0 amide bonds. The first-order valence-corrected chi connectivity index (χ1v) is 6.36. The number of pyridine rings is 1. The van der Waals surface area contributed by atoms with Crippen molar-refractivity contribution < 1.29 is 26.7 Å². The predicted molar refractivity (Wildman–Crippen MR) is 67.2 cm³/mol. The molecule has 0 aromatic carbocycles. The van der Waals surface area contributed by atoms with Crippen molar-refractivity contribution in [3.8, 4) is 5.88 Å². The highest BCUT2D eigenvalue weighted by Crippen LogP contribution is 2.25. The molecule has 0 aliphatic rings. The second-order valence-corrected chi connectivity index (χ2v) is 4.99. The summed E-state index contributed by atoms with van der Waals surface area (Å²) < 4.78 is 67.5. The molecule has 3 nitrogen and oxygen atoms in total. The van der Waals surface area contributed by atoms with Crippen LogP contribution in [0.5, 0.6) is 5.88 Å². The molecule has 1 N–H and O–H groups in total. The molecule has 0 aliphatic carbocycles. The van der Waals surface area contributed by atoms with E-state index in [-0.39, 0.29) is 18.0 Å². The van der Waals surface area contributed by atoms with E-state index in [1.54, 1.807) is 0 Å². The van der Waals surface area contributed by atoms with Gasteiger partial charge in [0.2, 0.25) is 5.88 Å². The Labute approximate surface area is 119 Å². The predicted octanol–water partition coefficient (Wildman–Crippen LogP) is 3.25. The molecular formula is C13H17F5N2O. The van der Waals surface area contributed by atoms with E-state index in [0.717, 1.165) is 12.3 Å². The summed E-state index contributed by atoms with van der Waals surface area (Å²) in [6.45, 7) is 3.15. The molecule has 1 rings (SSSR count). The van der Waals surface area contributed by atoms with Gasteiger partial charge in [-0.15, -0.1) is 0 Å². The molecule has 1 aromatic heterocycles. The third kappa shape index (κ3) is 5.82. The van der Waals surface area contributed by atoms with Gasteiger partial charge in [-0.05, 0) is 18.5 Å². The van der Waals surface area contributed by atoms with Crippen LogP contribution in [0.4, 0.5) is 22.0 Å². The highest BCUT2D eigenvalue weighted by molar-refractivity contribution is 5.26. The van der Waals surface area contributed by atoms with E-state index in [0.29, 0.717) is 12.5 Å². The van der Waals surface area contributed by atoms with E-state index in [9.17, 15) is 22.0 Å². The first kappa shape index (κ1) is 17.6.